The molecule has 0 bridgehead atoms. The van der Waals surface area contributed by atoms with Gasteiger partial charge in [-0.1, -0.05) is 12.1 Å². The predicted molar refractivity (Wildman–Crippen MR) is 84.7 cm³/mol. The van der Waals surface area contributed by atoms with Crippen molar-refractivity contribution in [2.75, 3.05) is 31.1 Å². The summed E-state index contributed by atoms with van der Waals surface area (Å²) in [6.07, 6.45) is 2.33. The molecule has 1 unspecified atom stereocenters. The maximum atomic E-state index is 5.84. The van der Waals surface area contributed by atoms with E-state index in [4.69, 9.17) is 15.5 Å². The number of fused-ring (bicyclic) bond motifs is 1. The minimum Gasteiger partial charge on any atom is -0.475 e. The van der Waals surface area contributed by atoms with Gasteiger partial charge in [-0.2, -0.15) is 0 Å². The zero-order valence-electron chi connectivity index (χ0n) is 12.5. The van der Waals surface area contributed by atoms with E-state index in [-0.39, 0.29) is 0 Å². The van der Waals surface area contributed by atoms with Crippen molar-refractivity contribution in [2.45, 2.75) is 19.8 Å². The first kappa shape index (κ1) is 14.1. The monoisotopic (exact) mass is 286 g/mol. The maximum absolute atomic E-state index is 5.84. The zero-order chi connectivity index (χ0) is 14.7. The molecule has 0 aliphatic carbocycles. The molecule has 1 aromatic carbocycles. The highest BCUT2D eigenvalue weighted by Gasteiger charge is 2.23. The van der Waals surface area contributed by atoms with Gasteiger partial charge in [0.1, 0.15) is 0 Å². The van der Waals surface area contributed by atoms with Gasteiger partial charge in [0, 0.05) is 13.1 Å². The zero-order valence-corrected chi connectivity index (χ0v) is 12.5. The number of hydrogen-bond donors (Lipinski definition) is 1. The summed E-state index contributed by atoms with van der Waals surface area (Å²) in [4.78, 5) is 11.7. The number of aromatic nitrogens is 2. The van der Waals surface area contributed by atoms with E-state index in [1.165, 1.54) is 6.42 Å². The Morgan fingerprint density at radius 3 is 2.76 bits per heavy atom. The molecule has 1 aliphatic heterocycles. The molecule has 5 nitrogen and oxygen atoms in total. The third-order valence-electron chi connectivity index (χ3n) is 3.95. The van der Waals surface area contributed by atoms with E-state index >= 15 is 0 Å². The molecule has 21 heavy (non-hydrogen) atoms. The summed E-state index contributed by atoms with van der Waals surface area (Å²) in [5.74, 6) is 2.02. The van der Waals surface area contributed by atoms with E-state index < -0.39 is 0 Å². The lowest BCUT2D eigenvalue weighted by Gasteiger charge is -2.33. The molecule has 1 aliphatic rings. The number of rotatable bonds is 4. The lowest BCUT2D eigenvalue weighted by molar-refractivity contribution is 0.324. The van der Waals surface area contributed by atoms with E-state index in [0.717, 1.165) is 42.9 Å². The second kappa shape index (κ2) is 6.26. The molecule has 1 fully saturated rings. The Morgan fingerprint density at radius 1 is 1.29 bits per heavy atom. The average Bonchev–Trinajstić information content (AvgIpc) is 2.54. The van der Waals surface area contributed by atoms with Gasteiger partial charge in [0.15, 0.2) is 5.82 Å². The SMILES string of the molecule is CCOc1nc2ccccc2nc1N1CCCC(CN)C1. The number of ether oxygens (including phenoxy) is 1. The third-order valence-corrected chi connectivity index (χ3v) is 3.95. The Hall–Kier alpha value is -1.88. The van der Waals surface area contributed by atoms with E-state index in [1.807, 2.05) is 31.2 Å². The van der Waals surface area contributed by atoms with Crippen molar-refractivity contribution in [2.24, 2.45) is 11.7 Å². The van der Waals surface area contributed by atoms with Crippen LogP contribution >= 0.6 is 0 Å². The van der Waals surface area contributed by atoms with Gasteiger partial charge in [0.2, 0.25) is 0 Å². The highest BCUT2D eigenvalue weighted by Crippen LogP contribution is 2.30. The smallest absolute Gasteiger partial charge is 0.258 e. The minimum absolute atomic E-state index is 0.529. The molecule has 0 spiro atoms. The van der Waals surface area contributed by atoms with Gasteiger partial charge in [-0.05, 0) is 44.4 Å². The van der Waals surface area contributed by atoms with Crippen LogP contribution in [0.5, 0.6) is 5.88 Å². The first-order chi connectivity index (χ1) is 10.3. The van der Waals surface area contributed by atoms with E-state index in [2.05, 4.69) is 9.88 Å². The van der Waals surface area contributed by atoms with Gasteiger partial charge in [0.05, 0.1) is 17.6 Å². The number of nitrogens with two attached hydrogens (primary N) is 1. The summed E-state index contributed by atoms with van der Waals surface area (Å²) in [5.41, 5.74) is 7.62. The van der Waals surface area contributed by atoms with Crippen molar-refractivity contribution in [1.29, 1.82) is 0 Å². The number of piperidine rings is 1. The van der Waals surface area contributed by atoms with Gasteiger partial charge >= 0.3 is 0 Å². The molecule has 112 valence electrons. The van der Waals surface area contributed by atoms with E-state index in [0.29, 0.717) is 18.4 Å². The topological polar surface area (TPSA) is 64.3 Å². The minimum atomic E-state index is 0.529. The standard InChI is InChI=1S/C16H22N4O/c1-2-21-16-15(20-9-5-6-12(10-17)11-20)18-13-7-3-4-8-14(13)19-16/h3-4,7-8,12H,2,5-6,9-11,17H2,1H3. The van der Waals surface area contributed by atoms with Crippen LogP contribution in [0.1, 0.15) is 19.8 Å². The Morgan fingerprint density at radius 2 is 2.05 bits per heavy atom. The van der Waals surface area contributed by atoms with Gasteiger partial charge in [-0.3, -0.25) is 0 Å². The number of para-hydroxylation sites is 2. The summed E-state index contributed by atoms with van der Waals surface area (Å²) < 4.78 is 5.72. The molecule has 1 atom stereocenters. The van der Waals surface area contributed by atoms with Crippen molar-refractivity contribution in [3.63, 3.8) is 0 Å². The molecule has 0 amide bonds. The summed E-state index contributed by atoms with van der Waals surface area (Å²) in [5, 5.41) is 0. The first-order valence-electron chi connectivity index (χ1n) is 7.66. The Balaban J connectivity index is 2.00. The van der Waals surface area contributed by atoms with Gasteiger partial charge < -0.3 is 15.4 Å². The largest absolute Gasteiger partial charge is 0.475 e. The average molecular weight is 286 g/mol. The van der Waals surface area contributed by atoms with Crippen molar-refractivity contribution in [3.8, 4) is 5.88 Å². The van der Waals surface area contributed by atoms with Crippen LogP contribution in [-0.4, -0.2) is 36.2 Å². The molecule has 1 aromatic heterocycles. The molecule has 3 rings (SSSR count). The molecule has 0 saturated carbocycles. The number of nitrogens with zero attached hydrogens (tertiary/aromatic N) is 3. The second-order valence-electron chi connectivity index (χ2n) is 5.46. The van der Waals surface area contributed by atoms with Crippen LogP contribution in [0.4, 0.5) is 5.82 Å². The third kappa shape index (κ3) is 2.93. The van der Waals surface area contributed by atoms with Crippen LogP contribution in [0.25, 0.3) is 11.0 Å². The fourth-order valence-electron chi connectivity index (χ4n) is 2.86. The van der Waals surface area contributed by atoms with Crippen molar-refractivity contribution in [3.05, 3.63) is 24.3 Å². The molecule has 5 heteroatoms. The normalized spacial score (nSPS) is 19.0. The highest BCUT2D eigenvalue weighted by molar-refractivity contribution is 5.77. The molecule has 1 saturated heterocycles. The molecular formula is C16H22N4O. The van der Waals surface area contributed by atoms with Gasteiger partial charge in [-0.15, -0.1) is 0 Å². The van der Waals surface area contributed by atoms with Gasteiger partial charge in [-0.25, -0.2) is 9.97 Å². The predicted octanol–water partition coefficient (Wildman–Crippen LogP) is 2.20. The van der Waals surface area contributed by atoms with Crippen LogP contribution in [0.3, 0.4) is 0 Å². The van der Waals surface area contributed by atoms with Crippen LogP contribution in [0.15, 0.2) is 24.3 Å². The molecule has 2 aromatic rings. The van der Waals surface area contributed by atoms with Crippen molar-refractivity contribution < 1.29 is 4.74 Å². The molecular weight excluding hydrogens is 264 g/mol. The Labute approximate surface area is 125 Å². The first-order valence-corrected chi connectivity index (χ1v) is 7.66. The van der Waals surface area contributed by atoms with Crippen LogP contribution < -0.4 is 15.4 Å². The molecule has 0 radical (unpaired) electrons. The lowest BCUT2D eigenvalue weighted by atomic mass is 9.98. The number of anilines is 1. The van der Waals surface area contributed by atoms with E-state index in [9.17, 15) is 0 Å². The van der Waals surface area contributed by atoms with Crippen LogP contribution in [-0.2, 0) is 0 Å². The van der Waals surface area contributed by atoms with E-state index in [1.54, 1.807) is 0 Å². The number of benzene rings is 1. The lowest BCUT2D eigenvalue weighted by Crippen LogP contribution is -2.39. The summed E-state index contributed by atoms with van der Waals surface area (Å²) in [6.45, 7) is 5.21. The van der Waals surface area contributed by atoms with Gasteiger partial charge in [0.25, 0.3) is 5.88 Å². The van der Waals surface area contributed by atoms with Crippen molar-refractivity contribution in [1.82, 2.24) is 9.97 Å². The maximum Gasteiger partial charge on any atom is 0.258 e. The molecule has 2 N–H and O–H groups in total. The highest BCUT2D eigenvalue weighted by atomic mass is 16.5. The van der Waals surface area contributed by atoms with Crippen LogP contribution in [0, 0.1) is 5.92 Å². The van der Waals surface area contributed by atoms with Crippen LogP contribution in [0.2, 0.25) is 0 Å². The summed E-state index contributed by atoms with van der Waals surface area (Å²) in [6, 6.07) is 7.91. The number of hydrogen-bond acceptors (Lipinski definition) is 5. The Kier molecular flexibility index (Phi) is 4.20. The quantitative estimate of drug-likeness (QED) is 0.933. The fourth-order valence-corrected chi connectivity index (χ4v) is 2.86. The Bertz CT molecular complexity index is 616. The fraction of sp³-hybridized carbons (Fsp3) is 0.500. The molecule has 2 heterocycles. The van der Waals surface area contributed by atoms with Crippen molar-refractivity contribution >= 4 is 16.9 Å². The second-order valence-corrected chi connectivity index (χ2v) is 5.46. The summed E-state index contributed by atoms with van der Waals surface area (Å²) >= 11 is 0. The summed E-state index contributed by atoms with van der Waals surface area (Å²) in [7, 11) is 0.